The maximum Gasteiger partial charge on any atom is 0.305 e. The molecule has 0 rings (SSSR count). The number of allylic oxidation sites excluding steroid dienone is 2. The van der Waals surface area contributed by atoms with E-state index in [4.69, 9.17) is 0 Å². The maximum absolute atomic E-state index is 10.6. The third-order valence-electron chi connectivity index (χ3n) is 1.44. The van der Waals surface area contributed by atoms with Crippen LogP contribution in [0.1, 0.15) is 26.7 Å². The molecule has 0 aromatic rings. The zero-order valence-corrected chi connectivity index (χ0v) is 6.81. The molecule has 0 atom stereocenters. The van der Waals surface area contributed by atoms with Gasteiger partial charge in [-0.15, -0.1) is 0 Å². The number of hydrogen-bond acceptors (Lipinski definition) is 2. The molecule has 0 aliphatic rings. The molecule has 10 heavy (non-hydrogen) atoms. The fourth-order valence-corrected chi connectivity index (χ4v) is 0.546. The predicted octanol–water partition coefficient (Wildman–Crippen LogP) is 1.91. The Morgan fingerprint density at radius 1 is 1.50 bits per heavy atom. The van der Waals surface area contributed by atoms with Crippen molar-refractivity contribution in [3.05, 3.63) is 11.6 Å². The highest BCUT2D eigenvalue weighted by Gasteiger charge is 1.98. The molecule has 0 saturated carbocycles. The zero-order valence-electron chi connectivity index (χ0n) is 6.81. The van der Waals surface area contributed by atoms with E-state index >= 15 is 0 Å². The first-order chi connectivity index (χ1) is 4.70. The van der Waals surface area contributed by atoms with E-state index in [1.54, 1.807) is 0 Å². The van der Waals surface area contributed by atoms with Crippen molar-refractivity contribution in [3.63, 3.8) is 0 Å². The topological polar surface area (TPSA) is 26.3 Å². The minimum atomic E-state index is -0.138. The SMILES string of the molecule is C/C=C(/C)CCC(=O)OC. The quantitative estimate of drug-likeness (QED) is 0.444. The van der Waals surface area contributed by atoms with Crippen LogP contribution < -0.4 is 0 Å². The van der Waals surface area contributed by atoms with Crippen molar-refractivity contribution in [2.45, 2.75) is 26.7 Å². The lowest BCUT2D eigenvalue weighted by molar-refractivity contribution is -0.140. The van der Waals surface area contributed by atoms with Crippen LogP contribution >= 0.6 is 0 Å². The molecule has 0 fully saturated rings. The van der Waals surface area contributed by atoms with Crippen LogP contribution in [0.25, 0.3) is 0 Å². The Labute approximate surface area is 61.9 Å². The molecule has 0 aliphatic heterocycles. The summed E-state index contributed by atoms with van der Waals surface area (Å²) >= 11 is 0. The summed E-state index contributed by atoms with van der Waals surface area (Å²) in [6.45, 7) is 3.97. The van der Waals surface area contributed by atoms with Gasteiger partial charge < -0.3 is 4.74 Å². The lowest BCUT2D eigenvalue weighted by Crippen LogP contribution is -1.99. The number of carbonyl (C=O) groups is 1. The highest BCUT2D eigenvalue weighted by atomic mass is 16.5. The van der Waals surface area contributed by atoms with Gasteiger partial charge in [-0.2, -0.15) is 0 Å². The van der Waals surface area contributed by atoms with E-state index in [9.17, 15) is 4.79 Å². The number of carbonyl (C=O) groups excluding carboxylic acids is 1. The number of esters is 1. The van der Waals surface area contributed by atoms with Gasteiger partial charge in [0.2, 0.25) is 0 Å². The van der Waals surface area contributed by atoms with Crippen LogP contribution in [-0.4, -0.2) is 13.1 Å². The van der Waals surface area contributed by atoms with Crippen LogP contribution in [0.3, 0.4) is 0 Å². The van der Waals surface area contributed by atoms with Gasteiger partial charge in [0.05, 0.1) is 7.11 Å². The van der Waals surface area contributed by atoms with Gasteiger partial charge in [-0.3, -0.25) is 4.79 Å². The molecule has 58 valence electrons. The molecule has 2 nitrogen and oxygen atoms in total. The van der Waals surface area contributed by atoms with E-state index in [0.717, 1.165) is 6.42 Å². The number of methoxy groups -OCH3 is 1. The van der Waals surface area contributed by atoms with Crippen molar-refractivity contribution >= 4 is 5.97 Å². The Kier molecular flexibility index (Phi) is 4.63. The summed E-state index contributed by atoms with van der Waals surface area (Å²) in [4.78, 5) is 10.6. The highest BCUT2D eigenvalue weighted by Crippen LogP contribution is 2.03. The van der Waals surface area contributed by atoms with E-state index in [1.807, 2.05) is 19.9 Å². The molecule has 0 aromatic heterocycles. The monoisotopic (exact) mass is 142 g/mol. The van der Waals surface area contributed by atoms with Gasteiger partial charge in [-0.25, -0.2) is 0 Å². The van der Waals surface area contributed by atoms with E-state index in [2.05, 4.69) is 4.74 Å². The Morgan fingerprint density at radius 2 is 2.10 bits per heavy atom. The number of ether oxygens (including phenoxy) is 1. The Morgan fingerprint density at radius 3 is 2.50 bits per heavy atom. The Bertz CT molecular complexity index is 136. The molecule has 0 heterocycles. The molecule has 0 saturated heterocycles. The summed E-state index contributed by atoms with van der Waals surface area (Å²) < 4.78 is 4.48. The zero-order chi connectivity index (χ0) is 7.98. The van der Waals surface area contributed by atoms with Crippen LogP contribution in [0.5, 0.6) is 0 Å². The second-order valence-electron chi connectivity index (χ2n) is 2.21. The molecule has 0 spiro atoms. The van der Waals surface area contributed by atoms with Gasteiger partial charge in [-0.1, -0.05) is 11.6 Å². The summed E-state index contributed by atoms with van der Waals surface area (Å²) in [5, 5.41) is 0. The van der Waals surface area contributed by atoms with Gasteiger partial charge in [0.25, 0.3) is 0 Å². The average molecular weight is 142 g/mol. The predicted molar refractivity (Wildman–Crippen MR) is 40.7 cm³/mol. The van der Waals surface area contributed by atoms with Gasteiger partial charge in [0.1, 0.15) is 0 Å². The van der Waals surface area contributed by atoms with Crippen LogP contribution in [0.15, 0.2) is 11.6 Å². The molecule has 0 aliphatic carbocycles. The van der Waals surface area contributed by atoms with E-state index in [1.165, 1.54) is 12.7 Å². The van der Waals surface area contributed by atoms with Crippen molar-refractivity contribution in [3.8, 4) is 0 Å². The number of rotatable bonds is 3. The lowest BCUT2D eigenvalue weighted by atomic mass is 10.1. The maximum atomic E-state index is 10.6. The third-order valence-corrected chi connectivity index (χ3v) is 1.44. The first-order valence-corrected chi connectivity index (χ1v) is 3.39. The first-order valence-electron chi connectivity index (χ1n) is 3.39. The fourth-order valence-electron chi connectivity index (χ4n) is 0.546. The normalized spacial score (nSPS) is 11.3. The molecule has 0 unspecified atom stereocenters. The van der Waals surface area contributed by atoms with Gasteiger partial charge in [-0.05, 0) is 20.3 Å². The van der Waals surface area contributed by atoms with Crippen molar-refractivity contribution in [1.82, 2.24) is 0 Å². The van der Waals surface area contributed by atoms with Crippen molar-refractivity contribution in [2.75, 3.05) is 7.11 Å². The van der Waals surface area contributed by atoms with Crippen LogP contribution in [0, 0.1) is 0 Å². The molecule has 0 bridgehead atoms. The summed E-state index contributed by atoms with van der Waals surface area (Å²) in [6.07, 6.45) is 3.30. The van der Waals surface area contributed by atoms with Crippen LogP contribution in [0.2, 0.25) is 0 Å². The van der Waals surface area contributed by atoms with E-state index < -0.39 is 0 Å². The molecule has 0 amide bonds. The fraction of sp³-hybridized carbons (Fsp3) is 0.625. The number of hydrogen-bond donors (Lipinski definition) is 0. The average Bonchev–Trinajstić information content (AvgIpc) is 1.99. The first kappa shape index (κ1) is 9.21. The Balaban J connectivity index is 3.45. The molecule has 0 N–H and O–H groups in total. The van der Waals surface area contributed by atoms with Crippen molar-refractivity contribution < 1.29 is 9.53 Å². The third kappa shape index (κ3) is 4.13. The molecule has 0 radical (unpaired) electrons. The van der Waals surface area contributed by atoms with E-state index in [-0.39, 0.29) is 5.97 Å². The van der Waals surface area contributed by atoms with Gasteiger partial charge in [0, 0.05) is 6.42 Å². The van der Waals surface area contributed by atoms with Gasteiger partial charge in [0.15, 0.2) is 0 Å². The van der Waals surface area contributed by atoms with Crippen molar-refractivity contribution in [1.29, 1.82) is 0 Å². The van der Waals surface area contributed by atoms with Crippen LogP contribution in [-0.2, 0) is 9.53 Å². The lowest BCUT2D eigenvalue weighted by Gasteiger charge is -1.97. The summed E-state index contributed by atoms with van der Waals surface area (Å²) in [7, 11) is 1.41. The summed E-state index contributed by atoms with van der Waals surface area (Å²) in [5.74, 6) is -0.138. The van der Waals surface area contributed by atoms with Crippen LogP contribution in [0.4, 0.5) is 0 Å². The molecule has 2 heteroatoms. The Hall–Kier alpha value is -0.790. The molecule has 0 aromatic carbocycles. The summed E-state index contributed by atoms with van der Waals surface area (Å²) in [6, 6.07) is 0. The van der Waals surface area contributed by atoms with Gasteiger partial charge >= 0.3 is 5.97 Å². The standard InChI is InChI=1S/C8H14O2/c1-4-7(2)5-6-8(9)10-3/h4H,5-6H2,1-3H3/b7-4-. The van der Waals surface area contributed by atoms with E-state index in [0.29, 0.717) is 6.42 Å². The highest BCUT2D eigenvalue weighted by molar-refractivity contribution is 5.69. The largest absolute Gasteiger partial charge is 0.469 e. The second-order valence-corrected chi connectivity index (χ2v) is 2.21. The summed E-state index contributed by atoms with van der Waals surface area (Å²) in [5.41, 5.74) is 1.23. The minimum absolute atomic E-state index is 0.138. The molecular formula is C8H14O2. The van der Waals surface area contributed by atoms with Crippen molar-refractivity contribution in [2.24, 2.45) is 0 Å². The second kappa shape index (κ2) is 5.03. The molecular weight excluding hydrogens is 128 g/mol. The smallest absolute Gasteiger partial charge is 0.305 e. The minimum Gasteiger partial charge on any atom is -0.469 e.